The van der Waals surface area contributed by atoms with E-state index in [1.165, 1.54) is 65.5 Å². The lowest BCUT2D eigenvalue weighted by molar-refractivity contribution is -0.384. The van der Waals surface area contributed by atoms with E-state index < -0.39 is 26.8 Å². The van der Waals surface area contributed by atoms with Crippen LogP contribution < -0.4 is 4.80 Å². The number of ether oxygens (including phenoxy) is 1. The van der Waals surface area contributed by atoms with Crippen LogP contribution in [0.25, 0.3) is 10.2 Å². The topological polar surface area (TPSA) is 141 Å². The summed E-state index contributed by atoms with van der Waals surface area (Å²) in [6, 6.07) is 9.23. The molecule has 180 valence electrons. The number of benzene rings is 2. The van der Waals surface area contributed by atoms with Crippen molar-refractivity contribution in [2.24, 2.45) is 4.99 Å². The Labute approximate surface area is 199 Å². The number of fused-ring (bicyclic) bond motifs is 1. The molecular formula is C21H22N4O7S2. The Morgan fingerprint density at radius 1 is 1.21 bits per heavy atom. The molecule has 0 saturated carbocycles. The minimum atomic E-state index is -3.71. The molecule has 0 aliphatic rings. The molecule has 1 heterocycles. The SMILES string of the molecule is COC(=O)Cn1c(=NC(=O)c2ccc(S(=O)(=O)N(C)C(C)C)cc2)sc2cc([N+](=O)[O-])ccc21. The summed E-state index contributed by atoms with van der Waals surface area (Å²) in [6.45, 7) is 3.24. The number of methoxy groups -OCH3 is 1. The maximum Gasteiger partial charge on any atom is 0.325 e. The fourth-order valence-electron chi connectivity index (χ4n) is 2.97. The molecule has 3 aromatic rings. The van der Waals surface area contributed by atoms with Gasteiger partial charge in [0.25, 0.3) is 11.6 Å². The van der Waals surface area contributed by atoms with Crippen LogP contribution in [0.1, 0.15) is 24.2 Å². The summed E-state index contributed by atoms with van der Waals surface area (Å²) < 4.78 is 33.1. The smallest absolute Gasteiger partial charge is 0.325 e. The Balaban J connectivity index is 2.04. The molecule has 11 nitrogen and oxygen atoms in total. The summed E-state index contributed by atoms with van der Waals surface area (Å²) in [7, 11) is -1.02. The number of rotatable bonds is 7. The van der Waals surface area contributed by atoms with Crippen LogP contribution >= 0.6 is 11.3 Å². The average molecular weight is 507 g/mol. The van der Waals surface area contributed by atoms with E-state index in [-0.39, 0.29) is 33.5 Å². The molecule has 0 atom stereocenters. The normalized spacial score (nSPS) is 12.5. The summed E-state index contributed by atoms with van der Waals surface area (Å²) in [4.78, 5) is 39.6. The van der Waals surface area contributed by atoms with Crippen molar-refractivity contribution in [1.82, 2.24) is 8.87 Å². The highest BCUT2D eigenvalue weighted by molar-refractivity contribution is 7.89. The first kappa shape index (κ1) is 25.2. The van der Waals surface area contributed by atoms with Crippen molar-refractivity contribution < 1.29 is 27.7 Å². The van der Waals surface area contributed by atoms with E-state index in [1.807, 2.05) is 0 Å². The van der Waals surface area contributed by atoms with E-state index >= 15 is 0 Å². The molecule has 1 aromatic heterocycles. The minimum absolute atomic E-state index is 0.0372. The summed E-state index contributed by atoms with van der Waals surface area (Å²) >= 11 is 1.01. The van der Waals surface area contributed by atoms with Crippen LogP contribution in [0.5, 0.6) is 0 Å². The van der Waals surface area contributed by atoms with Crippen LogP contribution in [0, 0.1) is 10.1 Å². The predicted octanol–water partition coefficient (Wildman–Crippen LogP) is 2.55. The zero-order valence-corrected chi connectivity index (χ0v) is 20.4. The number of esters is 1. The molecule has 0 fully saturated rings. The van der Waals surface area contributed by atoms with E-state index in [2.05, 4.69) is 4.99 Å². The number of hydrogen-bond donors (Lipinski definition) is 0. The van der Waals surface area contributed by atoms with Crippen LogP contribution in [0.15, 0.2) is 52.4 Å². The van der Waals surface area contributed by atoms with Gasteiger partial charge in [0.2, 0.25) is 10.0 Å². The Kier molecular flexibility index (Phi) is 7.29. The van der Waals surface area contributed by atoms with E-state index in [0.29, 0.717) is 10.2 Å². The van der Waals surface area contributed by atoms with Gasteiger partial charge in [0.15, 0.2) is 4.80 Å². The van der Waals surface area contributed by atoms with Crippen molar-refractivity contribution in [3.05, 3.63) is 62.9 Å². The van der Waals surface area contributed by atoms with Gasteiger partial charge in [-0.25, -0.2) is 8.42 Å². The Hall–Kier alpha value is -3.42. The maximum atomic E-state index is 12.8. The summed E-state index contributed by atoms with van der Waals surface area (Å²) in [6.07, 6.45) is 0. The number of sulfonamides is 1. The third kappa shape index (κ3) is 5.05. The van der Waals surface area contributed by atoms with Gasteiger partial charge in [-0.05, 0) is 44.2 Å². The van der Waals surface area contributed by atoms with Crippen molar-refractivity contribution in [2.75, 3.05) is 14.2 Å². The molecule has 2 aromatic carbocycles. The number of aromatic nitrogens is 1. The minimum Gasteiger partial charge on any atom is -0.468 e. The summed E-state index contributed by atoms with van der Waals surface area (Å²) in [5.41, 5.74) is 0.477. The number of carbonyl (C=O) groups is 2. The second kappa shape index (κ2) is 9.83. The molecule has 0 radical (unpaired) electrons. The molecule has 0 aliphatic heterocycles. The molecule has 0 saturated heterocycles. The molecule has 0 aliphatic carbocycles. The second-order valence-electron chi connectivity index (χ2n) is 7.51. The number of nitrogens with zero attached hydrogens (tertiary/aromatic N) is 4. The predicted molar refractivity (Wildman–Crippen MR) is 125 cm³/mol. The first-order valence-electron chi connectivity index (χ1n) is 9.97. The quantitative estimate of drug-likeness (QED) is 0.272. The zero-order chi connectivity index (χ0) is 25.2. The molecular weight excluding hydrogens is 484 g/mol. The average Bonchev–Trinajstić information content (AvgIpc) is 3.14. The van der Waals surface area contributed by atoms with Crippen LogP contribution in [0.2, 0.25) is 0 Å². The van der Waals surface area contributed by atoms with Gasteiger partial charge in [-0.15, -0.1) is 0 Å². The highest BCUT2D eigenvalue weighted by Crippen LogP contribution is 2.23. The van der Waals surface area contributed by atoms with Crippen LogP contribution in [-0.2, 0) is 26.1 Å². The Morgan fingerprint density at radius 3 is 2.41 bits per heavy atom. The molecule has 13 heteroatoms. The third-order valence-corrected chi connectivity index (χ3v) is 8.18. The number of nitro groups is 1. The number of carbonyl (C=O) groups excluding carboxylic acids is 2. The third-order valence-electron chi connectivity index (χ3n) is 5.09. The summed E-state index contributed by atoms with van der Waals surface area (Å²) in [5, 5.41) is 11.1. The lowest BCUT2D eigenvalue weighted by Gasteiger charge is -2.20. The van der Waals surface area contributed by atoms with Gasteiger partial charge < -0.3 is 9.30 Å². The van der Waals surface area contributed by atoms with Gasteiger partial charge in [0.05, 0.1) is 27.1 Å². The Bertz CT molecular complexity index is 1440. The van der Waals surface area contributed by atoms with Crippen LogP contribution in [-0.4, -0.2) is 54.3 Å². The number of hydrogen-bond acceptors (Lipinski definition) is 8. The Morgan fingerprint density at radius 2 is 1.85 bits per heavy atom. The lowest BCUT2D eigenvalue weighted by Crippen LogP contribution is -2.33. The highest BCUT2D eigenvalue weighted by atomic mass is 32.2. The second-order valence-corrected chi connectivity index (χ2v) is 10.5. The van der Waals surface area contributed by atoms with Crippen molar-refractivity contribution in [1.29, 1.82) is 0 Å². The van der Waals surface area contributed by atoms with E-state index in [4.69, 9.17) is 4.74 Å². The van der Waals surface area contributed by atoms with E-state index in [0.717, 1.165) is 11.3 Å². The van der Waals surface area contributed by atoms with E-state index in [1.54, 1.807) is 13.8 Å². The fraction of sp³-hybridized carbons (Fsp3) is 0.286. The lowest BCUT2D eigenvalue weighted by atomic mass is 10.2. The van der Waals surface area contributed by atoms with Gasteiger partial charge >= 0.3 is 5.97 Å². The number of thiazole rings is 1. The molecule has 34 heavy (non-hydrogen) atoms. The molecule has 3 rings (SSSR count). The molecule has 0 N–H and O–H groups in total. The van der Waals surface area contributed by atoms with Crippen LogP contribution in [0.3, 0.4) is 0 Å². The fourth-order valence-corrected chi connectivity index (χ4v) is 5.40. The molecule has 0 bridgehead atoms. The van der Waals surface area contributed by atoms with Gasteiger partial charge in [0.1, 0.15) is 6.54 Å². The number of nitro benzene ring substituents is 1. The standard InChI is InChI=1S/C21H22N4O7S2/c1-13(2)23(3)34(30,31)16-8-5-14(6-9-16)20(27)22-21-24(12-19(26)32-4)17-10-7-15(25(28)29)11-18(17)33-21/h5-11,13H,12H2,1-4H3. The van der Waals surface area contributed by atoms with Gasteiger partial charge in [0, 0.05) is 30.8 Å². The first-order valence-corrected chi connectivity index (χ1v) is 12.2. The molecule has 0 unspecified atom stereocenters. The first-order chi connectivity index (χ1) is 15.9. The maximum absolute atomic E-state index is 12.8. The van der Waals surface area contributed by atoms with Crippen LogP contribution in [0.4, 0.5) is 5.69 Å². The van der Waals surface area contributed by atoms with Crippen molar-refractivity contribution in [2.45, 2.75) is 31.3 Å². The molecule has 0 spiro atoms. The van der Waals surface area contributed by atoms with E-state index in [9.17, 15) is 28.1 Å². The van der Waals surface area contributed by atoms with Crippen molar-refractivity contribution in [3.8, 4) is 0 Å². The monoisotopic (exact) mass is 506 g/mol. The number of non-ortho nitro benzene ring substituents is 1. The zero-order valence-electron chi connectivity index (χ0n) is 18.8. The highest BCUT2D eigenvalue weighted by Gasteiger charge is 2.23. The van der Waals surface area contributed by atoms with Gasteiger partial charge in [-0.2, -0.15) is 9.30 Å². The van der Waals surface area contributed by atoms with Gasteiger partial charge in [-0.1, -0.05) is 11.3 Å². The van der Waals surface area contributed by atoms with Crippen molar-refractivity contribution >= 4 is 49.1 Å². The van der Waals surface area contributed by atoms with Crippen molar-refractivity contribution in [3.63, 3.8) is 0 Å². The largest absolute Gasteiger partial charge is 0.468 e. The summed E-state index contributed by atoms with van der Waals surface area (Å²) in [5.74, 6) is -1.25. The molecule has 1 amide bonds. The van der Waals surface area contributed by atoms with Gasteiger partial charge in [-0.3, -0.25) is 19.7 Å². The number of amides is 1.